The number of methoxy groups -OCH3 is 1. The zero-order chi connectivity index (χ0) is 19.6. The lowest BCUT2D eigenvalue weighted by Crippen LogP contribution is -2.10. The molecule has 0 bridgehead atoms. The van der Waals surface area contributed by atoms with Crippen LogP contribution in [0.2, 0.25) is 0 Å². The predicted octanol–water partition coefficient (Wildman–Crippen LogP) is 4.61. The molecular formula is C22H23NO4. The smallest absolute Gasteiger partial charge is 0.311 e. The van der Waals surface area contributed by atoms with Crippen molar-refractivity contribution in [1.29, 1.82) is 5.26 Å². The van der Waals surface area contributed by atoms with E-state index in [0.717, 1.165) is 16.9 Å². The summed E-state index contributed by atoms with van der Waals surface area (Å²) in [5.74, 6) is 1.27. The predicted molar refractivity (Wildman–Crippen MR) is 104 cm³/mol. The summed E-state index contributed by atoms with van der Waals surface area (Å²) in [7, 11) is 1.50. The summed E-state index contributed by atoms with van der Waals surface area (Å²) in [5.41, 5.74) is 3.05. The molecule has 5 heteroatoms. The highest BCUT2D eigenvalue weighted by Gasteiger charge is 2.11. The van der Waals surface area contributed by atoms with Crippen molar-refractivity contribution in [2.45, 2.75) is 26.7 Å². The van der Waals surface area contributed by atoms with Crippen LogP contribution in [0.3, 0.4) is 0 Å². The zero-order valence-electron chi connectivity index (χ0n) is 15.8. The molecule has 2 aromatic rings. The highest BCUT2D eigenvalue weighted by Crippen LogP contribution is 2.29. The lowest BCUT2D eigenvalue weighted by Gasteiger charge is -2.11. The fourth-order valence-corrected chi connectivity index (χ4v) is 2.54. The number of hydrogen-bond acceptors (Lipinski definition) is 5. The number of esters is 1. The van der Waals surface area contributed by atoms with E-state index in [4.69, 9.17) is 19.5 Å². The minimum absolute atomic E-state index is 0.240. The van der Waals surface area contributed by atoms with Crippen molar-refractivity contribution in [2.24, 2.45) is 0 Å². The topological polar surface area (TPSA) is 68.5 Å². The summed E-state index contributed by atoms with van der Waals surface area (Å²) in [5, 5.41) is 8.58. The van der Waals surface area contributed by atoms with Gasteiger partial charge in [-0.1, -0.05) is 23.8 Å². The summed E-state index contributed by atoms with van der Waals surface area (Å²) in [6, 6.07) is 13.0. The monoisotopic (exact) mass is 365 g/mol. The van der Waals surface area contributed by atoms with Crippen molar-refractivity contribution in [3.05, 3.63) is 59.2 Å². The number of ether oxygens (including phenoxy) is 3. The Morgan fingerprint density at radius 2 is 1.89 bits per heavy atom. The molecule has 0 N–H and O–H groups in total. The van der Waals surface area contributed by atoms with Gasteiger partial charge >= 0.3 is 5.97 Å². The molecular weight excluding hydrogens is 342 g/mol. The van der Waals surface area contributed by atoms with E-state index in [9.17, 15) is 4.79 Å². The summed E-state index contributed by atoms with van der Waals surface area (Å²) in [6.07, 6.45) is 3.82. The van der Waals surface area contributed by atoms with Gasteiger partial charge in [-0.2, -0.15) is 5.26 Å². The van der Waals surface area contributed by atoms with Gasteiger partial charge in [0.15, 0.2) is 11.5 Å². The minimum atomic E-state index is -0.349. The minimum Gasteiger partial charge on any atom is -0.493 e. The van der Waals surface area contributed by atoms with E-state index in [-0.39, 0.29) is 12.4 Å². The van der Waals surface area contributed by atoms with Gasteiger partial charge in [-0.25, -0.2) is 0 Å². The Hall–Kier alpha value is -3.26. The van der Waals surface area contributed by atoms with Crippen LogP contribution in [-0.2, 0) is 4.79 Å². The van der Waals surface area contributed by atoms with Crippen LogP contribution in [0, 0.1) is 25.2 Å². The molecule has 0 heterocycles. The molecule has 0 saturated heterocycles. The number of carbonyl (C=O) groups excluding carboxylic acids is 1. The van der Waals surface area contributed by atoms with Crippen LogP contribution >= 0.6 is 0 Å². The van der Waals surface area contributed by atoms with Crippen LogP contribution in [0.1, 0.15) is 29.5 Å². The van der Waals surface area contributed by atoms with E-state index in [0.29, 0.717) is 24.5 Å². The SMILES string of the molecule is COc1cc(/C=C\C#N)ccc1OC(=O)CCCOc1ccc(C)cc1C. The second-order valence-electron chi connectivity index (χ2n) is 6.07. The molecule has 2 aromatic carbocycles. The molecule has 140 valence electrons. The molecule has 0 saturated carbocycles. The first-order valence-electron chi connectivity index (χ1n) is 8.68. The third kappa shape index (κ3) is 6.19. The molecule has 0 spiro atoms. The van der Waals surface area contributed by atoms with Crippen molar-refractivity contribution < 1.29 is 19.0 Å². The first-order chi connectivity index (χ1) is 13.0. The molecule has 0 fully saturated rings. The molecule has 0 aromatic heterocycles. The third-order valence-corrected chi connectivity index (χ3v) is 3.88. The Morgan fingerprint density at radius 1 is 1.11 bits per heavy atom. The fourth-order valence-electron chi connectivity index (χ4n) is 2.54. The van der Waals surface area contributed by atoms with Crippen LogP contribution < -0.4 is 14.2 Å². The summed E-state index contributed by atoms with van der Waals surface area (Å²) in [6.45, 7) is 4.47. The number of nitrogens with zero attached hydrogens (tertiary/aromatic N) is 1. The van der Waals surface area contributed by atoms with E-state index in [1.165, 1.54) is 18.7 Å². The van der Waals surface area contributed by atoms with Gasteiger partial charge < -0.3 is 14.2 Å². The van der Waals surface area contributed by atoms with Gasteiger partial charge in [-0.15, -0.1) is 0 Å². The van der Waals surface area contributed by atoms with Crippen molar-refractivity contribution >= 4 is 12.0 Å². The van der Waals surface area contributed by atoms with Crippen molar-refractivity contribution in [3.8, 4) is 23.3 Å². The van der Waals surface area contributed by atoms with Gasteiger partial charge in [0.2, 0.25) is 0 Å². The zero-order valence-corrected chi connectivity index (χ0v) is 15.8. The Labute approximate surface area is 159 Å². The van der Waals surface area contributed by atoms with Gasteiger partial charge in [0.1, 0.15) is 5.75 Å². The summed E-state index contributed by atoms with van der Waals surface area (Å²) >= 11 is 0. The van der Waals surface area contributed by atoms with E-state index in [2.05, 4.69) is 6.07 Å². The Kier molecular flexibility index (Phi) is 7.45. The number of hydrogen-bond donors (Lipinski definition) is 0. The average Bonchev–Trinajstić information content (AvgIpc) is 2.65. The van der Waals surface area contributed by atoms with E-state index < -0.39 is 0 Å². The van der Waals surface area contributed by atoms with E-state index >= 15 is 0 Å². The van der Waals surface area contributed by atoms with Gasteiger partial charge in [0, 0.05) is 12.5 Å². The lowest BCUT2D eigenvalue weighted by molar-refractivity contribution is -0.134. The third-order valence-electron chi connectivity index (χ3n) is 3.88. The van der Waals surface area contributed by atoms with Gasteiger partial charge in [-0.05, 0) is 55.7 Å². The Morgan fingerprint density at radius 3 is 2.59 bits per heavy atom. The molecule has 27 heavy (non-hydrogen) atoms. The van der Waals surface area contributed by atoms with Crippen molar-refractivity contribution in [1.82, 2.24) is 0 Å². The highest BCUT2D eigenvalue weighted by atomic mass is 16.6. The summed E-state index contributed by atoms with van der Waals surface area (Å²) in [4.78, 5) is 12.1. The molecule has 0 atom stereocenters. The largest absolute Gasteiger partial charge is 0.493 e. The molecule has 2 rings (SSSR count). The van der Waals surface area contributed by atoms with Gasteiger partial charge in [0.05, 0.1) is 19.8 Å². The quantitative estimate of drug-likeness (QED) is 0.296. The normalized spacial score (nSPS) is 10.4. The van der Waals surface area contributed by atoms with Crippen molar-refractivity contribution in [2.75, 3.05) is 13.7 Å². The lowest BCUT2D eigenvalue weighted by atomic mass is 10.1. The first-order valence-corrected chi connectivity index (χ1v) is 8.68. The molecule has 0 unspecified atom stereocenters. The summed E-state index contributed by atoms with van der Waals surface area (Å²) < 4.78 is 16.4. The molecule has 0 amide bonds. The van der Waals surface area contributed by atoms with Crippen LogP contribution in [0.15, 0.2) is 42.5 Å². The van der Waals surface area contributed by atoms with Crippen LogP contribution in [0.25, 0.3) is 6.08 Å². The maximum atomic E-state index is 12.1. The van der Waals surface area contributed by atoms with Crippen LogP contribution in [-0.4, -0.2) is 19.7 Å². The highest BCUT2D eigenvalue weighted by molar-refractivity contribution is 5.73. The standard InChI is InChI=1S/C22H23NO4/c1-16-8-10-19(17(2)14-16)26-13-5-7-22(24)27-20-11-9-18(6-4-12-23)15-21(20)25-3/h4,6,8-11,14-15H,5,7,13H2,1-3H3/b6-4-. The maximum Gasteiger partial charge on any atom is 0.311 e. The number of nitriles is 1. The molecule has 0 aliphatic rings. The fraction of sp³-hybridized carbons (Fsp3) is 0.273. The van der Waals surface area contributed by atoms with Gasteiger partial charge in [-0.3, -0.25) is 4.79 Å². The van der Waals surface area contributed by atoms with Crippen LogP contribution in [0.4, 0.5) is 0 Å². The Balaban J connectivity index is 1.85. The molecule has 5 nitrogen and oxygen atoms in total. The van der Waals surface area contributed by atoms with Crippen LogP contribution in [0.5, 0.6) is 17.2 Å². The van der Waals surface area contributed by atoms with E-state index in [1.54, 1.807) is 24.3 Å². The Bertz CT molecular complexity index is 865. The second kappa shape index (κ2) is 10.0. The molecule has 0 aliphatic heterocycles. The molecule has 0 aliphatic carbocycles. The van der Waals surface area contributed by atoms with Crippen molar-refractivity contribution in [3.63, 3.8) is 0 Å². The average molecular weight is 365 g/mol. The first kappa shape index (κ1) is 20.1. The number of rotatable bonds is 8. The maximum absolute atomic E-state index is 12.1. The van der Waals surface area contributed by atoms with Gasteiger partial charge in [0.25, 0.3) is 0 Å². The number of carbonyl (C=O) groups is 1. The second-order valence-corrected chi connectivity index (χ2v) is 6.07. The number of benzene rings is 2. The molecule has 0 radical (unpaired) electrons. The van der Waals surface area contributed by atoms with E-state index in [1.807, 2.05) is 32.0 Å². The number of allylic oxidation sites excluding steroid dienone is 1. The number of aryl methyl sites for hydroxylation is 2.